The molecule has 0 spiro atoms. The Balaban J connectivity index is 3.14. The molecule has 0 aromatic heterocycles. The zero-order chi connectivity index (χ0) is 7.56. The van der Waals surface area contributed by atoms with E-state index in [1.807, 2.05) is 12.1 Å². The molecule has 0 unspecified atom stereocenters. The zero-order valence-corrected chi connectivity index (χ0v) is 9.59. The second kappa shape index (κ2) is 4.17. The smallest absolute Gasteiger partial charge is 0.296 e. The highest BCUT2D eigenvalue weighted by Crippen LogP contribution is 2.18. The molecular weight excluding hydrogens is 247 g/mol. The van der Waals surface area contributed by atoms with Crippen LogP contribution >= 0.6 is 36.1 Å². The SMILES string of the molecule is Clc1ccc[c]([Mg][Br])c1Cl. The minimum atomic E-state index is -0.363. The molecule has 0 fully saturated rings. The van der Waals surface area contributed by atoms with Gasteiger partial charge in [0.2, 0.25) is 0 Å². The summed E-state index contributed by atoms with van der Waals surface area (Å²) in [5.74, 6) is 0. The normalized spacial score (nSPS) is 9.10. The minimum absolute atomic E-state index is 0.363. The van der Waals surface area contributed by atoms with Gasteiger partial charge in [0, 0.05) is 5.02 Å². The van der Waals surface area contributed by atoms with Crippen LogP contribution < -0.4 is 3.69 Å². The van der Waals surface area contributed by atoms with Gasteiger partial charge in [-0.15, -0.1) is 3.69 Å². The van der Waals surface area contributed by atoms with Crippen LogP contribution in [0.4, 0.5) is 0 Å². The van der Waals surface area contributed by atoms with E-state index in [-0.39, 0.29) is 18.2 Å². The zero-order valence-electron chi connectivity index (χ0n) is 5.07. The van der Waals surface area contributed by atoms with E-state index in [1.165, 1.54) is 0 Å². The summed E-state index contributed by atoms with van der Waals surface area (Å²) in [5, 5.41) is 1.35. The average molecular weight is 250 g/mol. The average Bonchev–Trinajstić information content (AvgIpc) is 1.95. The fourth-order valence-corrected chi connectivity index (χ4v) is 3.70. The molecule has 0 atom stereocenters. The van der Waals surface area contributed by atoms with Crippen LogP contribution in [-0.4, -0.2) is 18.2 Å². The first-order valence-electron chi connectivity index (χ1n) is 2.74. The van der Waals surface area contributed by atoms with Crippen LogP contribution in [0.5, 0.6) is 0 Å². The molecule has 1 aromatic rings. The van der Waals surface area contributed by atoms with Crippen LogP contribution in [0.2, 0.25) is 10.0 Å². The molecule has 0 nitrogen and oxygen atoms in total. The molecule has 0 radical (unpaired) electrons. The summed E-state index contributed by atoms with van der Waals surface area (Å²) < 4.78 is 1.16. The summed E-state index contributed by atoms with van der Waals surface area (Å²) in [5.41, 5.74) is 0. The lowest BCUT2D eigenvalue weighted by Gasteiger charge is -1.99. The van der Waals surface area contributed by atoms with Gasteiger partial charge in [-0.2, -0.15) is 0 Å². The van der Waals surface area contributed by atoms with Crippen molar-refractivity contribution in [3.63, 3.8) is 0 Å². The van der Waals surface area contributed by atoms with Crippen molar-refractivity contribution in [2.45, 2.75) is 0 Å². The summed E-state index contributed by atoms with van der Waals surface area (Å²) in [7, 11) is 0. The van der Waals surface area contributed by atoms with Crippen LogP contribution in [-0.2, 0) is 0 Å². The molecule has 0 bridgehead atoms. The molecule has 0 N–H and O–H groups in total. The van der Waals surface area contributed by atoms with Gasteiger partial charge in [0.1, 0.15) is 0 Å². The van der Waals surface area contributed by atoms with E-state index in [1.54, 1.807) is 6.07 Å². The van der Waals surface area contributed by atoms with Crippen molar-refractivity contribution in [2.75, 3.05) is 0 Å². The molecule has 1 aromatic carbocycles. The Labute approximate surface area is 85.5 Å². The number of hydrogen-bond donors (Lipinski definition) is 0. The van der Waals surface area contributed by atoms with Gasteiger partial charge >= 0.3 is 18.2 Å². The third-order valence-electron chi connectivity index (χ3n) is 1.18. The van der Waals surface area contributed by atoms with Crippen molar-refractivity contribution in [3.8, 4) is 0 Å². The van der Waals surface area contributed by atoms with Gasteiger partial charge in [0.15, 0.2) is 0 Å². The van der Waals surface area contributed by atoms with Crippen LogP contribution in [0.25, 0.3) is 0 Å². The standard InChI is InChI=1S/C6H3Cl2.BrH.Mg/c7-5-3-1-2-4-6(5)8;;/h1-3H;1H;/q;;+1/p-1. The second-order valence-corrected chi connectivity index (χ2v) is 5.34. The summed E-state index contributed by atoms with van der Waals surface area (Å²) in [6, 6.07) is 5.71. The molecule has 50 valence electrons. The van der Waals surface area contributed by atoms with Crippen molar-refractivity contribution in [2.24, 2.45) is 0 Å². The van der Waals surface area contributed by atoms with Gasteiger partial charge < -0.3 is 0 Å². The fourth-order valence-electron chi connectivity index (χ4n) is 0.652. The number of hydrogen-bond acceptors (Lipinski definition) is 0. The Morgan fingerprint density at radius 3 is 2.50 bits per heavy atom. The summed E-state index contributed by atoms with van der Waals surface area (Å²) in [6.07, 6.45) is 0. The van der Waals surface area contributed by atoms with Gasteiger partial charge in [-0.05, 0) is 6.07 Å². The van der Waals surface area contributed by atoms with Crippen molar-refractivity contribution < 1.29 is 0 Å². The van der Waals surface area contributed by atoms with E-state index in [0.29, 0.717) is 10.0 Å². The third kappa shape index (κ3) is 2.02. The van der Waals surface area contributed by atoms with E-state index in [0.717, 1.165) is 3.69 Å². The van der Waals surface area contributed by atoms with Crippen LogP contribution in [0.15, 0.2) is 18.2 Å². The van der Waals surface area contributed by atoms with Crippen molar-refractivity contribution in [3.05, 3.63) is 28.2 Å². The quantitative estimate of drug-likeness (QED) is 0.672. The molecule has 0 amide bonds. The largest absolute Gasteiger partial charge is 0.509 e. The van der Waals surface area contributed by atoms with Crippen molar-refractivity contribution >= 4 is 58.0 Å². The van der Waals surface area contributed by atoms with Gasteiger partial charge in [-0.3, -0.25) is 12.9 Å². The van der Waals surface area contributed by atoms with Crippen LogP contribution in [0.1, 0.15) is 0 Å². The van der Waals surface area contributed by atoms with E-state index in [9.17, 15) is 0 Å². The van der Waals surface area contributed by atoms with E-state index < -0.39 is 0 Å². The summed E-state index contributed by atoms with van der Waals surface area (Å²) in [6.45, 7) is 0. The molecule has 10 heavy (non-hydrogen) atoms. The van der Waals surface area contributed by atoms with Gasteiger partial charge in [-0.25, -0.2) is 0 Å². The van der Waals surface area contributed by atoms with E-state index >= 15 is 0 Å². The lowest BCUT2D eigenvalue weighted by Crippen LogP contribution is -2.08. The Hall–Kier alpha value is 1.05. The molecule has 1 rings (SSSR count). The molecule has 0 aliphatic heterocycles. The predicted octanol–water partition coefficient (Wildman–Crippen LogP) is 2.63. The Kier molecular flexibility index (Phi) is 3.81. The number of halogens is 3. The molecule has 0 aliphatic carbocycles. The Morgan fingerprint density at radius 2 is 2.00 bits per heavy atom. The molecule has 0 saturated carbocycles. The van der Waals surface area contributed by atoms with Crippen molar-refractivity contribution in [1.82, 2.24) is 0 Å². The lowest BCUT2D eigenvalue weighted by molar-refractivity contribution is 1.76. The van der Waals surface area contributed by atoms with Crippen LogP contribution in [0.3, 0.4) is 0 Å². The first kappa shape index (κ1) is 9.14. The highest BCUT2D eigenvalue weighted by Gasteiger charge is 2.03. The maximum Gasteiger partial charge on any atom is 0.509 e. The lowest BCUT2D eigenvalue weighted by atomic mass is 10.4. The maximum atomic E-state index is 5.87. The maximum absolute atomic E-state index is 5.87. The Bertz CT molecular complexity index is 239. The van der Waals surface area contributed by atoms with Gasteiger partial charge in [-0.1, -0.05) is 35.3 Å². The molecule has 0 aliphatic rings. The van der Waals surface area contributed by atoms with Gasteiger partial charge in [0.05, 0.1) is 5.02 Å². The van der Waals surface area contributed by atoms with Crippen molar-refractivity contribution in [1.29, 1.82) is 0 Å². The second-order valence-electron chi connectivity index (χ2n) is 1.85. The third-order valence-corrected chi connectivity index (χ3v) is 4.95. The fraction of sp³-hybridized carbons (Fsp3) is 0. The summed E-state index contributed by atoms with van der Waals surface area (Å²) in [4.78, 5) is 0. The van der Waals surface area contributed by atoms with E-state index in [2.05, 4.69) is 12.9 Å². The molecule has 0 saturated heterocycles. The van der Waals surface area contributed by atoms with Crippen LogP contribution in [0, 0.1) is 0 Å². The monoisotopic (exact) mass is 248 g/mol. The molecular formula is C6H3BrCl2Mg. The number of benzene rings is 1. The van der Waals surface area contributed by atoms with Gasteiger partial charge in [0.25, 0.3) is 0 Å². The molecule has 4 heteroatoms. The highest BCUT2D eigenvalue weighted by atomic mass is 79.9. The first-order chi connectivity index (χ1) is 4.75. The Morgan fingerprint density at radius 1 is 1.30 bits per heavy atom. The molecule has 0 heterocycles. The highest BCUT2D eigenvalue weighted by molar-refractivity contribution is 9.23. The number of rotatable bonds is 1. The minimum Gasteiger partial charge on any atom is -0.296 e. The predicted molar refractivity (Wildman–Crippen MR) is 50.8 cm³/mol. The topological polar surface area (TPSA) is 0 Å². The first-order valence-corrected chi connectivity index (χ1v) is 8.10. The van der Waals surface area contributed by atoms with E-state index in [4.69, 9.17) is 23.2 Å². The summed E-state index contributed by atoms with van der Waals surface area (Å²) >= 11 is 14.7.